The molecule has 0 spiro atoms. The molecule has 2 atom stereocenters. The fraction of sp³-hybridized carbons (Fsp3) is 0.400. The second-order valence-electron chi connectivity index (χ2n) is 3.12. The van der Waals surface area contributed by atoms with Crippen molar-refractivity contribution in [1.82, 2.24) is 5.32 Å². The fourth-order valence-electron chi connectivity index (χ4n) is 1.23. The molecule has 4 heteroatoms. The fourth-order valence-corrected chi connectivity index (χ4v) is 1.80. The van der Waals surface area contributed by atoms with Crippen LogP contribution in [0.15, 0.2) is 24.3 Å². The first-order valence-corrected chi connectivity index (χ1v) is 5.49. The molecule has 3 N–H and O–H groups in total. The lowest BCUT2D eigenvalue weighted by Gasteiger charge is -2.17. The highest BCUT2D eigenvalue weighted by Crippen LogP contribution is 2.18. The van der Waals surface area contributed by atoms with Gasteiger partial charge in [0.25, 0.3) is 0 Å². The maximum Gasteiger partial charge on any atom is 0.106 e. The van der Waals surface area contributed by atoms with Gasteiger partial charge in [-0.3, -0.25) is 0 Å². The molecule has 0 bridgehead atoms. The van der Waals surface area contributed by atoms with E-state index in [-0.39, 0.29) is 0 Å². The van der Waals surface area contributed by atoms with Crippen molar-refractivity contribution in [3.8, 4) is 0 Å². The Bertz CT molecular complexity index is 293. The van der Waals surface area contributed by atoms with E-state index in [0.717, 1.165) is 9.13 Å². The summed E-state index contributed by atoms with van der Waals surface area (Å²) in [5.74, 6) is 0. The standard InChI is InChI=1S/C10H14INO2/c1-12-6-9(13)10(14)7-3-2-4-8(11)5-7/h2-5,9-10,12-14H,6H2,1H3. The summed E-state index contributed by atoms with van der Waals surface area (Å²) in [6, 6.07) is 7.49. The molecule has 1 aromatic carbocycles. The molecule has 0 fully saturated rings. The Kier molecular flexibility index (Phi) is 4.80. The highest BCUT2D eigenvalue weighted by molar-refractivity contribution is 14.1. The number of aliphatic hydroxyl groups is 2. The van der Waals surface area contributed by atoms with E-state index >= 15 is 0 Å². The van der Waals surface area contributed by atoms with Crippen molar-refractivity contribution < 1.29 is 10.2 Å². The molecule has 0 heterocycles. The van der Waals surface area contributed by atoms with Gasteiger partial charge in [0.05, 0.1) is 6.10 Å². The topological polar surface area (TPSA) is 52.5 Å². The molecule has 0 aliphatic rings. The molecule has 0 radical (unpaired) electrons. The summed E-state index contributed by atoms with van der Waals surface area (Å²) in [7, 11) is 1.74. The van der Waals surface area contributed by atoms with Crippen LogP contribution in [0.4, 0.5) is 0 Å². The average molecular weight is 307 g/mol. The molecule has 0 amide bonds. The number of halogens is 1. The largest absolute Gasteiger partial charge is 0.389 e. The number of hydrogen-bond acceptors (Lipinski definition) is 3. The maximum absolute atomic E-state index is 9.75. The maximum atomic E-state index is 9.75. The van der Waals surface area contributed by atoms with Crippen LogP contribution in [0, 0.1) is 3.57 Å². The van der Waals surface area contributed by atoms with Crippen molar-refractivity contribution in [2.75, 3.05) is 13.6 Å². The Morgan fingerprint density at radius 3 is 2.71 bits per heavy atom. The van der Waals surface area contributed by atoms with E-state index in [4.69, 9.17) is 0 Å². The lowest BCUT2D eigenvalue weighted by molar-refractivity contribution is 0.0202. The number of aliphatic hydroxyl groups excluding tert-OH is 2. The smallest absolute Gasteiger partial charge is 0.106 e. The third kappa shape index (κ3) is 3.20. The van der Waals surface area contributed by atoms with Crippen molar-refractivity contribution in [3.05, 3.63) is 33.4 Å². The Hall–Kier alpha value is -0.170. The summed E-state index contributed by atoms with van der Waals surface area (Å²) in [6.45, 7) is 0.382. The number of likely N-dealkylation sites (N-methyl/N-ethyl adjacent to an activating group) is 1. The summed E-state index contributed by atoms with van der Waals surface area (Å²) >= 11 is 2.18. The quantitative estimate of drug-likeness (QED) is 0.725. The van der Waals surface area contributed by atoms with Crippen molar-refractivity contribution in [3.63, 3.8) is 0 Å². The first-order valence-electron chi connectivity index (χ1n) is 4.41. The Morgan fingerprint density at radius 2 is 2.14 bits per heavy atom. The average Bonchev–Trinajstić information content (AvgIpc) is 2.17. The van der Waals surface area contributed by atoms with E-state index in [9.17, 15) is 10.2 Å². The Balaban J connectivity index is 2.73. The second-order valence-corrected chi connectivity index (χ2v) is 4.37. The number of benzene rings is 1. The van der Waals surface area contributed by atoms with Crippen LogP contribution in [0.3, 0.4) is 0 Å². The predicted molar refractivity (Wildman–Crippen MR) is 64.1 cm³/mol. The van der Waals surface area contributed by atoms with Crippen molar-refractivity contribution in [2.45, 2.75) is 12.2 Å². The van der Waals surface area contributed by atoms with Gasteiger partial charge < -0.3 is 15.5 Å². The first-order chi connectivity index (χ1) is 6.65. The van der Waals surface area contributed by atoms with Crippen LogP contribution < -0.4 is 5.32 Å². The van der Waals surface area contributed by atoms with Gasteiger partial charge in [0.2, 0.25) is 0 Å². The van der Waals surface area contributed by atoms with E-state index in [1.54, 1.807) is 7.05 Å². The Labute approximate surface area is 97.3 Å². The lowest BCUT2D eigenvalue weighted by atomic mass is 10.0. The van der Waals surface area contributed by atoms with Gasteiger partial charge >= 0.3 is 0 Å². The second kappa shape index (κ2) is 5.65. The molecule has 0 aromatic heterocycles. The van der Waals surface area contributed by atoms with Gasteiger partial charge in [0.15, 0.2) is 0 Å². The van der Waals surface area contributed by atoms with Crippen molar-refractivity contribution in [2.24, 2.45) is 0 Å². The van der Waals surface area contributed by atoms with E-state index in [2.05, 4.69) is 27.9 Å². The molecule has 0 aliphatic carbocycles. The van der Waals surface area contributed by atoms with Gasteiger partial charge in [0.1, 0.15) is 6.10 Å². The number of hydrogen-bond donors (Lipinski definition) is 3. The van der Waals surface area contributed by atoms with Crippen LogP contribution in [0.25, 0.3) is 0 Å². The van der Waals surface area contributed by atoms with Gasteiger partial charge in [-0.15, -0.1) is 0 Å². The SMILES string of the molecule is CNCC(O)C(O)c1cccc(I)c1. The van der Waals surface area contributed by atoms with Crippen LogP contribution in [0.2, 0.25) is 0 Å². The van der Waals surface area contributed by atoms with Crippen LogP contribution in [-0.2, 0) is 0 Å². The minimum Gasteiger partial charge on any atom is -0.389 e. The van der Waals surface area contributed by atoms with E-state index in [1.807, 2.05) is 24.3 Å². The van der Waals surface area contributed by atoms with Gasteiger partial charge in [0, 0.05) is 10.1 Å². The van der Waals surface area contributed by atoms with Crippen molar-refractivity contribution in [1.29, 1.82) is 0 Å². The van der Waals surface area contributed by atoms with Gasteiger partial charge in [-0.2, -0.15) is 0 Å². The molecule has 14 heavy (non-hydrogen) atoms. The van der Waals surface area contributed by atoms with Gasteiger partial charge in [-0.25, -0.2) is 0 Å². The molecule has 0 saturated carbocycles. The van der Waals surface area contributed by atoms with Gasteiger partial charge in [-0.05, 0) is 47.3 Å². The molecular formula is C10H14INO2. The van der Waals surface area contributed by atoms with E-state index in [1.165, 1.54) is 0 Å². The molecule has 2 unspecified atom stereocenters. The van der Waals surface area contributed by atoms with Crippen LogP contribution in [0.1, 0.15) is 11.7 Å². The summed E-state index contributed by atoms with van der Waals surface area (Å²) in [5, 5.41) is 22.1. The van der Waals surface area contributed by atoms with Crippen LogP contribution >= 0.6 is 22.6 Å². The number of nitrogens with one attached hydrogen (secondary N) is 1. The minimum atomic E-state index is -0.822. The van der Waals surface area contributed by atoms with Crippen LogP contribution in [0.5, 0.6) is 0 Å². The predicted octanol–water partition coefficient (Wildman–Crippen LogP) is 0.905. The normalized spacial score (nSPS) is 15.1. The zero-order valence-corrected chi connectivity index (χ0v) is 10.1. The zero-order valence-electron chi connectivity index (χ0n) is 7.94. The molecule has 1 aromatic rings. The minimum absolute atomic E-state index is 0.382. The summed E-state index contributed by atoms with van der Waals surface area (Å²) in [5.41, 5.74) is 0.750. The third-order valence-corrected chi connectivity index (χ3v) is 2.64. The lowest BCUT2D eigenvalue weighted by Crippen LogP contribution is -2.29. The zero-order chi connectivity index (χ0) is 10.6. The van der Waals surface area contributed by atoms with Gasteiger partial charge in [-0.1, -0.05) is 12.1 Å². The monoisotopic (exact) mass is 307 g/mol. The number of rotatable bonds is 4. The first kappa shape index (κ1) is 11.9. The summed E-state index contributed by atoms with van der Waals surface area (Å²) in [6.07, 6.45) is -1.59. The van der Waals surface area contributed by atoms with Crippen LogP contribution in [-0.4, -0.2) is 29.9 Å². The molecule has 3 nitrogen and oxygen atoms in total. The molecule has 0 saturated heterocycles. The van der Waals surface area contributed by atoms with E-state index < -0.39 is 12.2 Å². The highest BCUT2D eigenvalue weighted by atomic mass is 127. The Morgan fingerprint density at radius 1 is 1.43 bits per heavy atom. The summed E-state index contributed by atoms with van der Waals surface area (Å²) in [4.78, 5) is 0. The highest BCUT2D eigenvalue weighted by Gasteiger charge is 2.17. The third-order valence-electron chi connectivity index (χ3n) is 1.97. The summed E-state index contributed by atoms with van der Waals surface area (Å²) < 4.78 is 1.05. The molecule has 0 aliphatic heterocycles. The molecule has 1 rings (SSSR count). The molecular weight excluding hydrogens is 293 g/mol. The van der Waals surface area contributed by atoms with Crippen molar-refractivity contribution >= 4 is 22.6 Å². The molecule has 78 valence electrons. The van der Waals surface area contributed by atoms with E-state index in [0.29, 0.717) is 6.54 Å².